The van der Waals surface area contributed by atoms with Crippen molar-refractivity contribution in [3.8, 4) is 0 Å². The summed E-state index contributed by atoms with van der Waals surface area (Å²) in [4.78, 5) is 12.2. The van der Waals surface area contributed by atoms with Crippen molar-refractivity contribution < 1.29 is 13.2 Å². The third kappa shape index (κ3) is 3.13. The molecule has 1 aliphatic rings. The Morgan fingerprint density at radius 1 is 1.42 bits per heavy atom. The quantitative estimate of drug-likeness (QED) is 0.869. The molecule has 1 amide bonds. The first-order valence-corrected chi connectivity index (χ1v) is 8.06. The minimum atomic E-state index is -3.33. The van der Waals surface area contributed by atoms with Crippen LogP contribution in [0.2, 0.25) is 0 Å². The fraction of sp³-hybridized carbons (Fsp3) is 0.462. The van der Waals surface area contributed by atoms with E-state index in [1.165, 1.54) is 6.07 Å². The Morgan fingerprint density at radius 2 is 2.16 bits per heavy atom. The van der Waals surface area contributed by atoms with E-state index in [2.05, 4.69) is 10.6 Å². The molecule has 19 heavy (non-hydrogen) atoms. The van der Waals surface area contributed by atoms with Gasteiger partial charge in [-0.2, -0.15) is 0 Å². The zero-order valence-corrected chi connectivity index (χ0v) is 11.7. The van der Waals surface area contributed by atoms with E-state index < -0.39 is 9.84 Å². The summed E-state index contributed by atoms with van der Waals surface area (Å²) in [5.41, 5.74) is 0.364. The molecule has 0 unspecified atom stereocenters. The van der Waals surface area contributed by atoms with Gasteiger partial charge in [0.15, 0.2) is 9.84 Å². The molecule has 0 saturated carbocycles. The van der Waals surface area contributed by atoms with E-state index in [1.54, 1.807) is 25.1 Å². The van der Waals surface area contributed by atoms with Crippen LogP contribution in [0.3, 0.4) is 0 Å². The number of nitrogens with one attached hydrogen (secondary N) is 2. The van der Waals surface area contributed by atoms with Gasteiger partial charge in [-0.05, 0) is 31.5 Å². The van der Waals surface area contributed by atoms with Crippen molar-refractivity contribution in [2.45, 2.75) is 30.7 Å². The number of benzene rings is 1. The zero-order chi connectivity index (χ0) is 13.9. The molecule has 0 aliphatic carbocycles. The van der Waals surface area contributed by atoms with Crippen LogP contribution in [0.25, 0.3) is 0 Å². The molecule has 1 aromatic carbocycles. The number of carbonyl (C=O) groups excluding carboxylic acids is 1. The minimum Gasteiger partial charge on any atom is -0.324 e. The van der Waals surface area contributed by atoms with E-state index in [0.29, 0.717) is 5.69 Å². The molecule has 1 atom stereocenters. The number of hydrogen-bond acceptors (Lipinski definition) is 4. The fourth-order valence-electron chi connectivity index (χ4n) is 2.12. The molecule has 0 bridgehead atoms. The Kier molecular flexibility index (Phi) is 4.21. The maximum atomic E-state index is 12.0. The first kappa shape index (κ1) is 14.0. The van der Waals surface area contributed by atoms with Gasteiger partial charge < -0.3 is 10.6 Å². The Bertz CT molecular complexity index is 563. The smallest absolute Gasteiger partial charge is 0.241 e. The Morgan fingerprint density at radius 3 is 2.79 bits per heavy atom. The first-order chi connectivity index (χ1) is 9.04. The van der Waals surface area contributed by atoms with Crippen LogP contribution < -0.4 is 10.6 Å². The highest BCUT2D eigenvalue weighted by atomic mass is 32.2. The summed E-state index contributed by atoms with van der Waals surface area (Å²) < 4.78 is 23.9. The van der Waals surface area contributed by atoms with Gasteiger partial charge in [-0.1, -0.05) is 19.1 Å². The van der Waals surface area contributed by atoms with Crippen LogP contribution in [0, 0.1) is 0 Å². The van der Waals surface area contributed by atoms with Crippen molar-refractivity contribution in [3.05, 3.63) is 24.3 Å². The van der Waals surface area contributed by atoms with Crippen LogP contribution in [-0.2, 0) is 14.6 Å². The molecule has 5 nitrogen and oxygen atoms in total. The van der Waals surface area contributed by atoms with Gasteiger partial charge in [0, 0.05) is 0 Å². The second kappa shape index (κ2) is 5.71. The van der Waals surface area contributed by atoms with Crippen molar-refractivity contribution in [2.24, 2.45) is 0 Å². The zero-order valence-electron chi connectivity index (χ0n) is 10.8. The maximum Gasteiger partial charge on any atom is 0.241 e. The van der Waals surface area contributed by atoms with Gasteiger partial charge >= 0.3 is 0 Å². The molecule has 0 radical (unpaired) electrons. The summed E-state index contributed by atoms with van der Waals surface area (Å²) >= 11 is 0. The van der Waals surface area contributed by atoms with E-state index in [1.807, 2.05) is 0 Å². The molecule has 2 N–H and O–H groups in total. The van der Waals surface area contributed by atoms with Crippen molar-refractivity contribution in [1.82, 2.24) is 5.32 Å². The molecule has 0 aromatic heterocycles. The molecule has 104 valence electrons. The average Bonchev–Trinajstić information content (AvgIpc) is 2.93. The minimum absolute atomic E-state index is 0.0154. The van der Waals surface area contributed by atoms with Crippen molar-refractivity contribution in [1.29, 1.82) is 0 Å². The largest absolute Gasteiger partial charge is 0.324 e. The molecule has 1 aromatic rings. The normalized spacial score (nSPS) is 19.3. The van der Waals surface area contributed by atoms with Gasteiger partial charge in [0.2, 0.25) is 5.91 Å². The SMILES string of the molecule is CCS(=O)(=O)c1ccccc1NC(=O)[C@H]1CCCN1. The summed E-state index contributed by atoms with van der Waals surface area (Å²) in [6, 6.07) is 6.29. The van der Waals surface area contributed by atoms with E-state index in [-0.39, 0.29) is 22.6 Å². The van der Waals surface area contributed by atoms with Crippen molar-refractivity contribution in [3.63, 3.8) is 0 Å². The lowest BCUT2D eigenvalue weighted by atomic mass is 10.2. The number of hydrogen-bond donors (Lipinski definition) is 2. The standard InChI is InChI=1S/C13H18N2O3S/c1-2-19(17,18)12-8-4-3-6-10(12)15-13(16)11-7-5-9-14-11/h3-4,6,8,11,14H,2,5,7,9H2,1H3,(H,15,16)/t11-/m1/s1. The lowest BCUT2D eigenvalue weighted by Gasteiger charge is -2.14. The highest BCUT2D eigenvalue weighted by Crippen LogP contribution is 2.22. The number of amides is 1. The molecule has 1 aliphatic heterocycles. The number of carbonyl (C=O) groups is 1. The molecule has 6 heteroatoms. The topological polar surface area (TPSA) is 75.3 Å². The van der Waals surface area contributed by atoms with Crippen LogP contribution >= 0.6 is 0 Å². The molecule has 2 rings (SSSR count). The molecular formula is C13H18N2O3S. The fourth-order valence-corrected chi connectivity index (χ4v) is 3.18. The molecular weight excluding hydrogens is 264 g/mol. The highest BCUT2D eigenvalue weighted by molar-refractivity contribution is 7.91. The maximum absolute atomic E-state index is 12.0. The van der Waals surface area contributed by atoms with Gasteiger partial charge in [-0.15, -0.1) is 0 Å². The number of sulfone groups is 1. The molecule has 1 fully saturated rings. The van der Waals surface area contributed by atoms with E-state index >= 15 is 0 Å². The molecule has 1 saturated heterocycles. The van der Waals surface area contributed by atoms with Crippen LogP contribution in [0.5, 0.6) is 0 Å². The van der Waals surface area contributed by atoms with Crippen LogP contribution in [0.1, 0.15) is 19.8 Å². The third-order valence-corrected chi connectivity index (χ3v) is 5.02. The Balaban J connectivity index is 2.23. The second-order valence-electron chi connectivity index (χ2n) is 4.54. The summed E-state index contributed by atoms with van der Waals surface area (Å²) in [6.07, 6.45) is 1.75. The van der Waals surface area contributed by atoms with E-state index in [9.17, 15) is 13.2 Å². The number of para-hydroxylation sites is 1. The summed E-state index contributed by atoms with van der Waals surface area (Å²) in [6.45, 7) is 2.42. The Labute approximate surface area is 113 Å². The molecule has 1 heterocycles. The van der Waals surface area contributed by atoms with Gasteiger partial charge in [-0.25, -0.2) is 8.42 Å². The van der Waals surface area contributed by atoms with Gasteiger partial charge in [0.05, 0.1) is 22.4 Å². The van der Waals surface area contributed by atoms with E-state index in [0.717, 1.165) is 19.4 Å². The lowest BCUT2D eigenvalue weighted by molar-refractivity contribution is -0.117. The molecule has 0 spiro atoms. The van der Waals surface area contributed by atoms with Crippen molar-refractivity contribution >= 4 is 21.4 Å². The summed E-state index contributed by atoms with van der Waals surface area (Å²) in [5.74, 6) is -0.155. The summed E-state index contributed by atoms with van der Waals surface area (Å²) in [7, 11) is -3.33. The van der Waals surface area contributed by atoms with Gasteiger partial charge in [0.1, 0.15) is 0 Å². The predicted octanol–water partition coefficient (Wildman–Crippen LogP) is 1.17. The monoisotopic (exact) mass is 282 g/mol. The van der Waals surface area contributed by atoms with Gasteiger partial charge in [0.25, 0.3) is 0 Å². The van der Waals surface area contributed by atoms with Gasteiger partial charge in [-0.3, -0.25) is 4.79 Å². The summed E-state index contributed by atoms with van der Waals surface area (Å²) in [5, 5.41) is 5.80. The lowest BCUT2D eigenvalue weighted by Crippen LogP contribution is -2.35. The van der Waals surface area contributed by atoms with Crippen molar-refractivity contribution in [2.75, 3.05) is 17.6 Å². The predicted molar refractivity (Wildman–Crippen MR) is 73.8 cm³/mol. The highest BCUT2D eigenvalue weighted by Gasteiger charge is 2.24. The second-order valence-corrected chi connectivity index (χ2v) is 6.78. The average molecular weight is 282 g/mol. The van der Waals surface area contributed by atoms with Crippen LogP contribution in [0.4, 0.5) is 5.69 Å². The number of anilines is 1. The van der Waals surface area contributed by atoms with Crippen LogP contribution in [0.15, 0.2) is 29.2 Å². The van der Waals surface area contributed by atoms with Crippen LogP contribution in [-0.4, -0.2) is 32.7 Å². The first-order valence-electron chi connectivity index (χ1n) is 6.40. The Hall–Kier alpha value is -1.40. The van der Waals surface area contributed by atoms with E-state index in [4.69, 9.17) is 0 Å². The number of rotatable bonds is 4. The third-order valence-electron chi connectivity index (χ3n) is 3.24.